The third-order valence-corrected chi connectivity index (χ3v) is 5.31. The maximum absolute atomic E-state index is 12.6. The molecule has 0 fully saturated rings. The maximum Gasteiger partial charge on any atom is 0.338 e. The van der Waals surface area contributed by atoms with Crippen molar-refractivity contribution < 1.29 is 14.6 Å². The van der Waals surface area contributed by atoms with E-state index < -0.39 is 12.1 Å². The van der Waals surface area contributed by atoms with Gasteiger partial charge >= 0.3 is 5.97 Å². The van der Waals surface area contributed by atoms with Crippen LogP contribution in [0.15, 0.2) is 60.9 Å². The number of esters is 1. The number of hydrogen-bond acceptors (Lipinski definition) is 5. The summed E-state index contributed by atoms with van der Waals surface area (Å²) in [5, 5.41) is 15.6. The van der Waals surface area contributed by atoms with Crippen LogP contribution in [0.5, 0.6) is 0 Å². The molecule has 0 bridgehead atoms. The minimum absolute atomic E-state index is 0.276. The molecule has 0 amide bonds. The zero-order chi connectivity index (χ0) is 21.3. The van der Waals surface area contributed by atoms with E-state index in [1.165, 1.54) is 0 Å². The predicted octanol–water partition coefficient (Wildman–Crippen LogP) is 4.27. The van der Waals surface area contributed by atoms with Gasteiger partial charge in [-0.15, -0.1) is 0 Å². The summed E-state index contributed by atoms with van der Waals surface area (Å²) in [7, 11) is 0. The second-order valence-electron chi connectivity index (χ2n) is 7.17. The number of aromatic nitrogens is 3. The minimum atomic E-state index is -0.824. The lowest BCUT2D eigenvalue weighted by Gasteiger charge is -2.17. The van der Waals surface area contributed by atoms with Crippen molar-refractivity contribution in [1.82, 2.24) is 14.6 Å². The Labute approximate surface area is 174 Å². The number of aliphatic hydroxyl groups is 1. The number of rotatable bonds is 5. The molecule has 6 nitrogen and oxygen atoms in total. The number of nitrogens with zero attached hydrogens (tertiary/aromatic N) is 3. The monoisotopic (exact) mass is 401 g/mol. The summed E-state index contributed by atoms with van der Waals surface area (Å²) < 4.78 is 6.88. The second kappa shape index (κ2) is 8.08. The van der Waals surface area contributed by atoms with E-state index in [4.69, 9.17) is 4.74 Å². The molecule has 30 heavy (non-hydrogen) atoms. The van der Waals surface area contributed by atoms with Crippen LogP contribution in [0.3, 0.4) is 0 Å². The van der Waals surface area contributed by atoms with Gasteiger partial charge in [0, 0.05) is 24.0 Å². The van der Waals surface area contributed by atoms with Crippen LogP contribution in [-0.2, 0) is 4.74 Å². The van der Waals surface area contributed by atoms with Crippen LogP contribution in [-0.4, -0.2) is 32.3 Å². The molecule has 0 aliphatic carbocycles. The standard InChI is InChI=1S/C24H23N3O3/c1-4-30-24(29)19-10-9-17(23(28)18-8-5-7-15(2)16(18)3)13-20(19)21-14-22-25-11-6-12-27(22)26-21/h5-14,23,28H,4H2,1-3H3. The summed E-state index contributed by atoms with van der Waals surface area (Å²) >= 11 is 0. The van der Waals surface area contributed by atoms with Gasteiger partial charge in [-0.1, -0.05) is 24.3 Å². The van der Waals surface area contributed by atoms with E-state index in [9.17, 15) is 9.90 Å². The van der Waals surface area contributed by atoms with E-state index in [2.05, 4.69) is 10.1 Å². The van der Waals surface area contributed by atoms with Crippen molar-refractivity contribution in [2.75, 3.05) is 6.61 Å². The molecule has 0 saturated heterocycles. The minimum Gasteiger partial charge on any atom is -0.462 e. The number of benzene rings is 2. The third-order valence-electron chi connectivity index (χ3n) is 5.31. The number of carbonyl (C=O) groups excluding carboxylic acids is 1. The van der Waals surface area contributed by atoms with Crippen molar-refractivity contribution in [3.05, 3.63) is 88.7 Å². The van der Waals surface area contributed by atoms with Crippen LogP contribution in [0.1, 0.15) is 45.6 Å². The van der Waals surface area contributed by atoms with Crippen LogP contribution in [0.2, 0.25) is 0 Å². The number of aryl methyl sites for hydroxylation is 1. The van der Waals surface area contributed by atoms with Gasteiger partial charge in [-0.2, -0.15) is 5.10 Å². The van der Waals surface area contributed by atoms with Crippen LogP contribution < -0.4 is 0 Å². The third kappa shape index (κ3) is 3.57. The van der Waals surface area contributed by atoms with Crippen molar-refractivity contribution in [2.45, 2.75) is 26.9 Å². The van der Waals surface area contributed by atoms with Gasteiger partial charge in [-0.25, -0.2) is 14.3 Å². The Morgan fingerprint density at radius 2 is 2.00 bits per heavy atom. The molecule has 2 aromatic heterocycles. The molecule has 1 unspecified atom stereocenters. The van der Waals surface area contributed by atoms with Gasteiger partial charge in [0.05, 0.1) is 17.9 Å². The number of ether oxygens (including phenoxy) is 1. The zero-order valence-corrected chi connectivity index (χ0v) is 17.2. The first-order chi connectivity index (χ1) is 14.5. The second-order valence-corrected chi connectivity index (χ2v) is 7.17. The maximum atomic E-state index is 12.6. The molecule has 0 saturated carbocycles. The number of aliphatic hydroxyl groups excluding tert-OH is 1. The van der Waals surface area contributed by atoms with Gasteiger partial charge in [0.25, 0.3) is 0 Å². The Balaban J connectivity index is 1.85. The smallest absolute Gasteiger partial charge is 0.338 e. The van der Waals surface area contributed by atoms with E-state index >= 15 is 0 Å². The highest BCUT2D eigenvalue weighted by Gasteiger charge is 2.21. The fourth-order valence-corrected chi connectivity index (χ4v) is 3.54. The molecular formula is C24H23N3O3. The topological polar surface area (TPSA) is 76.7 Å². The largest absolute Gasteiger partial charge is 0.462 e. The molecule has 0 spiro atoms. The number of carbonyl (C=O) groups is 1. The fourth-order valence-electron chi connectivity index (χ4n) is 3.54. The van der Waals surface area contributed by atoms with Crippen LogP contribution in [0.4, 0.5) is 0 Å². The summed E-state index contributed by atoms with van der Waals surface area (Å²) in [6.07, 6.45) is 2.66. The Morgan fingerprint density at radius 3 is 2.77 bits per heavy atom. The predicted molar refractivity (Wildman–Crippen MR) is 114 cm³/mol. The number of hydrogen-bond donors (Lipinski definition) is 1. The lowest BCUT2D eigenvalue weighted by atomic mass is 9.92. The summed E-state index contributed by atoms with van der Waals surface area (Å²) in [6, 6.07) is 14.7. The van der Waals surface area contributed by atoms with Crippen molar-refractivity contribution >= 4 is 11.6 Å². The van der Waals surface area contributed by atoms with Crippen molar-refractivity contribution in [3.63, 3.8) is 0 Å². The van der Waals surface area contributed by atoms with Crippen LogP contribution in [0, 0.1) is 13.8 Å². The Hall–Kier alpha value is -3.51. The molecule has 4 aromatic rings. The highest BCUT2D eigenvalue weighted by Crippen LogP contribution is 2.32. The Bertz CT molecular complexity index is 1200. The van der Waals surface area contributed by atoms with Crippen LogP contribution in [0.25, 0.3) is 16.9 Å². The first-order valence-corrected chi connectivity index (χ1v) is 9.85. The Kier molecular flexibility index (Phi) is 5.33. The van der Waals surface area contributed by atoms with Gasteiger partial charge in [0.2, 0.25) is 0 Å². The summed E-state index contributed by atoms with van der Waals surface area (Å²) in [4.78, 5) is 16.9. The fraction of sp³-hybridized carbons (Fsp3) is 0.208. The molecule has 152 valence electrons. The molecule has 0 aliphatic heterocycles. The normalized spacial score (nSPS) is 12.1. The summed E-state index contributed by atoms with van der Waals surface area (Å²) in [5.41, 5.74) is 5.92. The molecule has 2 aromatic carbocycles. The molecule has 1 N–H and O–H groups in total. The first kappa shape index (κ1) is 19.8. The summed E-state index contributed by atoms with van der Waals surface area (Å²) in [5.74, 6) is -0.426. The summed E-state index contributed by atoms with van der Waals surface area (Å²) in [6.45, 7) is 6.06. The first-order valence-electron chi connectivity index (χ1n) is 9.85. The lowest BCUT2D eigenvalue weighted by molar-refractivity contribution is 0.0527. The molecule has 6 heteroatoms. The molecule has 4 rings (SSSR count). The van der Waals surface area contributed by atoms with Crippen LogP contribution >= 0.6 is 0 Å². The Morgan fingerprint density at radius 1 is 1.17 bits per heavy atom. The van der Waals surface area contributed by atoms with Crippen molar-refractivity contribution in [2.24, 2.45) is 0 Å². The average molecular weight is 401 g/mol. The molecule has 0 aliphatic rings. The number of fused-ring (bicyclic) bond motifs is 1. The highest BCUT2D eigenvalue weighted by molar-refractivity contribution is 5.97. The van der Waals surface area contributed by atoms with Gasteiger partial charge in [0.1, 0.15) is 6.10 Å². The quantitative estimate of drug-likeness (QED) is 0.505. The molecule has 1 atom stereocenters. The molecule has 0 radical (unpaired) electrons. The van der Waals surface area contributed by atoms with E-state index in [0.29, 0.717) is 28.0 Å². The van der Waals surface area contributed by atoms with E-state index in [-0.39, 0.29) is 6.61 Å². The van der Waals surface area contributed by atoms with E-state index in [1.54, 1.807) is 48.1 Å². The lowest BCUT2D eigenvalue weighted by Crippen LogP contribution is -2.09. The van der Waals surface area contributed by atoms with E-state index in [1.807, 2.05) is 38.1 Å². The van der Waals surface area contributed by atoms with Crippen molar-refractivity contribution in [3.8, 4) is 11.3 Å². The SMILES string of the molecule is CCOC(=O)c1ccc(C(O)c2cccc(C)c2C)cc1-c1cc2ncccn2n1. The van der Waals surface area contributed by atoms with E-state index in [0.717, 1.165) is 16.7 Å². The zero-order valence-electron chi connectivity index (χ0n) is 17.2. The average Bonchev–Trinajstić information content (AvgIpc) is 3.19. The van der Waals surface area contributed by atoms with Gasteiger partial charge < -0.3 is 9.84 Å². The van der Waals surface area contributed by atoms with Gasteiger partial charge in [-0.05, 0) is 61.2 Å². The molecule has 2 heterocycles. The molecular weight excluding hydrogens is 378 g/mol. The highest BCUT2D eigenvalue weighted by atomic mass is 16.5. The van der Waals surface area contributed by atoms with Crippen molar-refractivity contribution in [1.29, 1.82) is 0 Å². The van der Waals surface area contributed by atoms with Gasteiger partial charge in [-0.3, -0.25) is 0 Å². The van der Waals surface area contributed by atoms with Gasteiger partial charge in [0.15, 0.2) is 5.65 Å².